The Balaban J connectivity index is 2.03. The molecule has 2 aromatic rings. The van der Waals surface area contributed by atoms with Crippen molar-refractivity contribution in [3.8, 4) is 18.2 Å². The fourth-order valence-corrected chi connectivity index (χ4v) is 5.90. The first-order valence-corrected chi connectivity index (χ1v) is 10.4. The van der Waals surface area contributed by atoms with Gasteiger partial charge in [-0.15, -0.1) is 11.3 Å². The van der Waals surface area contributed by atoms with E-state index in [1.165, 1.54) is 11.3 Å². The minimum absolute atomic E-state index is 0.408. The largest absolute Gasteiger partial charge is 0.443 e. The molecule has 8 heteroatoms. The molecule has 1 N–H and O–H groups in total. The molecule has 0 spiro atoms. The fourth-order valence-electron chi connectivity index (χ4n) is 4.38. The number of nitrogens with zero attached hydrogens (tertiary/aromatic N) is 3. The van der Waals surface area contributed by atoms with Gasteiger partial charge in [0.25, 0.3) is 0 Å². The molecule has 4 unspecified atom stereocenters. The standard InChI is InChI=1S/C21H15BrN4O2S/c1-12-3-5-14(6-4-12)21-13(2)20(11-25,18(26)28-21)19(9-23,10-24)17(27-21)15-7-8-16(22)29-15/h3-8,13,17,26H,1-2H3. The summed E-state index contributed by atoms with van der Waals surface area (Å²) in [6, 6.07) is 17.2. The summed E-state index contributed by atoms with van der Waals surface area (Å²) < 4.78 is 13.2. The summed E-state index contributed by atoms with van der Waals surface area (Å²) in [6.07, 6.45) is -1.06. The Labute approximate surface area is 180 Å². The van der Waals surface area contributed by atoms with Crippen molar-refractivity contribution in [2.75, 3.05) is 0 Å². The summed E-state index contributed by atoms with van der Waals surface area (Å²) in [6.45, 7) is 3.65. The van der Waals surface area contributed by atoms with E-state index in [0.29, 0.717) is 10.4 Å². The molecular formula is C21H15BrN4O2S. The van der Waals surface area contributed by atoms with E-state index in [-0.39, 0.29) is 0 Å². The highest BCUT2D eigenvalue weighted by molar-refractivity contribution is 9.11. The van der Waals surface area contributed by atoms with Gasteiger partial charge in [-0.05, 0) is 35.0 Å². The monoisotopic (exact) mass is 466 g/mol. The van der Waals surface area contributed by atoms with Gasteiger partial charge in [0.1, 0.15) is 6.10 Å². The second kappa shape index (κ2) is 6.40. The molecule has 0 aliphatic carbocycles. The number of benzene rings is 1. The summed E-state index contributed by atoms with van der Waals surface area (Å²) in [5.74, 6) is -2.61. The summed E-state index contributed by atoms with van der Waals surface area (Å²) in [5.41, 5.74) is -2.04. The molecule has 2 fully saturated rings. The van der Waals surface area contributed by atoms with E-state index >= 15 is 0 Å². The fraction of sp³-hybridized carbons (Fsp3) is 0.333. The van der Waals surface area contributed by atoms with Gasteiger partial charge in [-0.3, -0.25) is 5.41 Å². The van der Waals surface area contributed by atoms with Gasteiger partial charge in [0, 0.05) is 10.4 Å². The van der Waals surface area contributed by atoms with Crippen molar-refractivity contribution < 1.29 is 9.47 Å². The van der Waals surface area contributed by atoms with Crippen LogP contribution in [0.3, 0.4) is 0 Å². The lowest BCUT2D eigenvalue weighted by atomic mass is 9.54. The normalized spacial score (nSPS) is 31.9. The number of ether oxygens (including phenoxy) is 2. The highest BCUT2D eigenvalue weighted by Crippen LogP contribution is 2.69. The SMILES string of the molecule is Cc1ccc(C23OC(=N)C(C#N)(C2C)C(C#N)(C#N)C(c2ccc(Br)s2)O3)cc1. The van der Waals surface area contributed by atoms with E-state index in [0.717, 1.165) is 9.35 Å². The predicted molar refractivity (Wildman–Crippen MR) is 108 cm³/mol. The zero-order chi connectivity index (χ0) is 21.0. The average molecular weight is 467 g/mol. The molecule has 2 aliphatic rings. The zero-order valence-electron chi connectivity index (χ0n) is 15.6. The van der Waals surface area contributed by atoms with Gasteiger partial charge in [-0.2, -0.15) is 15.8 Å². The van der Waals surface area contributed by atoms with Crippen LogP contribution in [0.25, 0.3) is 0 Å². The van der Waals surface area contributed by atoms with Gasteiger partial charge in [-0.1, -0.05) is 36.8 Å². The molecule has 2 bridgehead atoms. The van der Waals surface area contributed by atoms with Crippen molar-refractivity contribution in [1.29, 1.82) is 21.2 Å². The Morgan fingerprint density at radius 3 is 2.24 bits per heavy atom. The number of nitrogens with one attached hydrogen (secondary N) is 1. The van der Waals surface area contributed by atoms with Crippen molar-refractivity contribution >= 4 is 33.2 Å². The first kappa shape index (κ1) is 19.6. The Kier molecular flexibility index (Phi) is 4.33. The van der Waals surface area contributed by atoms with Crippen molar-refractivity contribution in [2.24, 2.45) is 16.7 Å². The molecule has 3 heterocycles. The highest BCUT2D eigenvalue weighted by Gasteiger charge is 2.79. The minimum Gasteiger partial charge on any atom is -0.443 e. The quantitative estimate of drug-likeness (QED) is 0.673. The first-order valence-electron chi connectivity index (χ1n) is 8.83. The number of fused-ring (bicyclic) bond motifs is 2. The Morgan fingerprint density at radius 1 is 1.07 bits per heavy atom. The summed E-state index contributed by atoms with van der Waals surface area (Å²) in [5, 5.41) is 39.1. The molecule has 6 nitrogen and oxygen atoms in total. The van der Waals surface area contributed by atoms with Gasteiger partial charge < -0.3 is 9.47 Å². The van der Waals surface area contributed by atoms with Gasteiger partial charge in [0.05, 0.1) is 27.9 Å². The second-order valence-electron chi connectivity index (χ2n) is 7.28. The van der Waals surface area contributed by atoms with Crippen LogP contribution >= 0.6 is 27.3 Å². The van der Waals surface area contributed by atoms with Crippen molar-refractivity contribution in [1.82, 2.24) is 0 Å². The zero-order valence-corrected chi connectivity index (χ0v) is 18.0. The van der Waals surface area contributed by atoms with Crippen LogP contribution in [0.15, 0.2) is 40.2 Å². The molecule has 0 amide bonds. The van der Waals surface area contributed by atoms with Crippen LogP contribution in [0.5, 0.6) is 0 Å². The molecule has 0 radical (unpaired) electrons. The number of hydrogen-bond donors (Lipinski definition) is 1. The Morgan fingerprint density at radius 2 is 1.72 bits per heavy atom. The molecule has 4 rings (SSSR count). The molecule has 29 heavy (non-hydrogen) atoms. The van der Waals surface area contributed by atoms with E-state index in [1.54, 1.807) is 19.1 Å². The number of nitriles is 3. The van der Waals surface area contributed by atoms with Gasteiger partial charge >= 0.3 is 0 Å². The van der Waals surface area contributed by atoms with E-state index < -0.39 is 34.5 Å². The minimum atomic E-state index is -1.94. The van der Waals surface area contributed by atoms with Crippen LogP contribution in [0, 0.1) is 63.1 Å². The van der Waals surface area contributed by atoms with Crippen LogP contribution < -0.4 is 0 Å². The third-order valence-corrected chi connectivity index (χ3v) is 7.64. The second-order valence-corrected chi connectivity index (χ2v) is 9.77. The Bertz CT molecular complexity index is 1130. The van der Waals surface area contributed by atoms with Crippen molar-refractivity contribution in [2.45, 2.75) is 25.7 Å². The van der Waals surface area contributed by atoms with Crippen LogP contribution in [0.1, 0.15) is 29.0 Å². The maximum Gasteiger partial charge on any atom is 0.244 e. The number of hydrogen-bond acceptors (Lipinski definition) is 7. The van der Waals surface area contributed by atoms with E-state index in [4.69, 9.17) is 14.9 Å². The van der Waals surface area contributed by atoms with Crippen LogP contribution in [0.4, 0.5) is 0 Å². The number of thiophene rings is 1. The van der Waals surface area contributed by atoms with Crippen molar-refractivity contribution in [3.05, 3.63) is 56.2 Å². The number of aryl methyl sites for hydroxylation is 1. The molecule has 2 aliphatic heterocycles. The topological polar surface area (TPSA) is 114 Å². The third-order valence-electron chi connectivity index (χ3n) is 5.98. The summed E-state index contributed by atoms with van der Waals surface area (Å²) >= 11 is 4.73. The van der Waals surface area contributed by atoms with Gasteiger partial charge in [0.2, 0.25) is 17.1 Å². The predicted octanol–water partition coefficient (Wildman–Crippen LogP) is 4.93. The lowest BCUT2D eigenvalue weighted by Crippen LogP contribution is -2.57. The summed E-state index contributed by atoms with van der Waals surface area (Å²) in [7, 11) is 0. The van der Waals surface area contributed by atoms with E-state index in [1.807, 2.05) is 43.3 Å². The molecule has 1 aromatic carbocycles. The lowest BCUT2D eigenvalue weighted by molar-refractivity contribution is -0.287. The molecule has 144 valence electrons. The van der Waals surface area contributed by atoms with Gasteiger partial charge in [-0.25, -0.2) is 0 Å². The van der Waals surface area contributed by atoms with Gasteiger partial charge in [0.15, 0.2) is 5.41 Å². The maximum absolute atomic E-state index is 10.2. The molecule has 4 atom stereocenters. The average Bonchev–Trinajstić information content (AvgIpc) is 3.21. The lowest BCUT2D eigenvalue weighted by Gasteiger charge is -2.48. The molecular weight excluding hydrogens is 452 g/mol. The first-order chi connectivity index (χ1) is 13.8. The van der Waals surface area contributed by atoms with Crippen LogP contribution in [-0.2, 0) is 15.3 Å². The van der Waals surface area contributed by atoms with E-state index in [2.05, 4.69) is 22.0 Å². The smallest absolute Gasteiger partial charge is 0.244 e. The van der Waals surface area contributed by atoms with Crippen molar-refractivity contribution in [3.63, 3.8) is 0 Å². The Hall–Kier alpha value is -2.70. The molecule has 1 aromatic heterocycles. The third kappa shape index (κ3) is 2.24. The van der Waals surface area contributed by atoms with E-state index in [9.17, 15) is 15.8 Å². The van der Waals surface area contributed by atoms with Crippen LogP contribution in [0.2, 0.25) is 0 Å². The molecule has 2 saturated heterocycles. The number of rotatable bonds is 2. The number of halogens is 1. The molecule has 0 saturated carbocycles. The maximum atomic E-state index is 10.2. The summed E-state index contributed by atoms with van der Waals surface area (Å²) in [4.78, 5) is 0.612. The van der Waals surface area contributed by atoms with Crippen LogP contribution in [-0.4, -0.2) is 5.90 Å². The highest BCUT2D eigenvalue weighted by atomic mass is 79.9.